The molecule has 0 radical (unpaired) electrons. The Hall–Kier alpha value is -0.743. The number of hydrogen-bond donors (Lipinski definition) is 0. The van der Waals surface area contributed by atoms with Crippen molar-refractivity contribution in [1.29, 1.82) is 0 Å². The lowest BCUT2D eigenvalue weighted by molar-refractivity contribution is -0.222. The van der Waals surface area contributed by atoms with Gasteiger partial charge in [-0.25, -0.2) is 0 Å². The van der Waals surface area contributed by atoms with Gasteiger partial charge in [0.25, 0.3) is 0 Å². The smallest absolute Gasteiger partial charge is 0.242 e. The monoisotopic (exact) mass is 188 g/mol. The molecule has 0 bridgehead atoms. The van der Waals surface area contributed by atoms with Crippen molar-refractivity contribution in [2.24, 2.45) is 0 Å². The van der Waals surface area contributed by atoms with Gasteiger partial charge in [-0.2, -0.15) is 4.89 Å². The van der Waals surface area contributed by atoms with Crippen LogP contribution in [0.4, 0.5) is 0 Å². The number of hydrogen-bond acceptors (Lipinski definition) is 3. The van der Waals surface area contributed by atoms with Gasteiger partial charge in [-0.1, -0.05) is 6.58 Å². The summed E-state index contributed by atoms with van der Waals surface area (Å²) in [6.07, 6.45) is 3.02. The third-order valence-electron chi connectivity index (χ3n) is 0.843. The van der Waals surface area contributed by atoms with Crippen LogP contribution in [-0.4, -0.2) is 15.4 Å². The molecule has 0 spiro atoms. The van der Waals surface area contributed by atoms with E-state index in [2.05, 4.69) is 36.0 Å². The molecule has 0 unspecified atom stereocenters. The Balaban J connectivity index is 3.75. The van der Waals surface area contributed by atoms with Crippen LogP contribution in [0.3, 0.4) is 0 Å². The van der Waals surface area contributed by atoms with E-state index in [4.69, 9.17) is 4.43 Å². The summed E-state index contributed by atoms with van der Waals surface area (Å²) in [5.41, 5.74) is 0. The highest BCUT2D eigenvalue weighted by Gasteiger charge is 2.15. The van der Waals surface area contributed by atoms with Crippen LogP contribution in [-0.2, 0) is 14.2 Å². The van der Waals surface area contributed by atoms with E-state index in [1.54, 1.807) is 6.08 Å². The third kappa shape index (κ3) is 7.36. The minimum absolute atomic E-state index is 0.603. The first-order valence-electron chi connectivity index (χ1n) is 3.69. The summed E-state index contributed by atoms with van der Waals surface area (Å²) in [5.74, 6) is 0.603. The van der Waals surface area contributed by atoms with Crippen molar-refractivity contribution in [3.63, 3.8) is 0 Å². The molecule has 0 amide bonds. The van der Waals surface area contributed by atoms with E-state index in [1.165, 1.54) is 13.4 Å². The lowest BCUT2D eigenvalue weighted by Gasteiger charge is -2.18. The highest BCUT2D eigenvalue weighted by Crippen LogP contribution is 2.09. The summed E-state index contributed by atoms with van der Waals surface area (Å²) >= 11 is 0. The van der Waals surface area contributed by atoms with Crippen molar-refractivity contribution >= 4 is 8.32 Å². The van der Waals surface area contributed by atoms with Crippen LogP contribution in [0, 0.1) is 0 Å². The molecule has 0 heterocycles. The first-order valence-corrected chi connectivity index (χ1v) is 7.10. The van der Waals surface area contributed by atoms with Crippen LogP contribution in [0.2, 0.25) is 19.6 Å². The quantitative estimate of drug-likeness (QED) is 0.218. The number of rotatable bonds is 5. The first kappa shape index (κ1) is 11.3. The van der Waals surface area contributed by atoms with Gasteiger partial charge < -0.3 is 9.31 Å². The fourth-order valence-corrected chi connectivity index (χ4v) is 1.44. The lowest BCUT2D eigenvalue weighted by Crippen LogP contribution is -2.24. The van der Waals surface area contributed by atoms with E-state index in [9.17, 15) is 0 Å². The predicted molar refractivity (Wildman–Crippen MR) is 50.8 cm³/mol. The predicted octanol–water partition coefficient (Wildman–Crippen LogP) is 2.44. The molecule has 12 heavy (non-hydrogen) atoms. The molecule has 70 valence electrons. The van der Waals surface area contributed by atoms with Crippen molar-refractivity contribution in [1.82, 2.24) is 0 Å². The summed E-state index contributed by atoms with van der Waals surface area (Å²) in [4.78, 5) is 8.86. The van der Waals surface area contributed by atoms with Gasteiger partial charge in [-0.3, -0.25) is 0 Å². The highest BCUT2D eigenvalue weighted by molar-refractivity contribution is 6.70. The second-order valence-corrected chi connectivity index (χ2v) is 7.68. The zero-order valence-electron chi connectivity index (χ0n) is 8.09. The zero-order valence-corrected chi connectivity index (χ0v) is 9.09. The molecule has 4 heteroatoms. The maximum absolute atomic E-state index is 5.51. The zero-order chi connectivity index (χ0) is 9.61. The fourth-order valence-electron chi connectivity index (χ4n) is 0.587. The van der Waals surface area contributed by atoms with Crippen LogP contribution in [0.15, 0.2) is 24.7 Å². The van der Waals surface area contributed by atoms with E-state index in [1.807, 2.05) is 0 Å². The normalized spacial score (nSPS) is 11.7. The molecule has 0 aliphatic rings. The van der Waals surface area contributed by atoms with E-state index in [-0.39, 0.29) is 0 Å². The molecular weight excluding hydrogens is 172 g/mol. The second kappa shape index (κ2) is 5.00. The van der Waals surface area contributed by atoms with Gasteiger partial charge >= 0.3 is 0 Å². The van der Waals surface area contributed by atoms with Gasteiger partial charge in [-0.15, -0.1) is 0 Å². The van der Waals surface area contributed by atoms with Crippen molar-refractivity contribution in [2.45, 2.75) is 19.6 Å². The molecule has 0 aliphatic heterocycles. The van der Waals surface area contributed by atoms with Crippen molar-refractivity contribution < 1.29 is 14.2 Å². The molecular formula is C8H16O3Si. The molecule has 0 aromatic rings. The Kier molecular flexibility index (Phi) is 4.69. The highest BCUT2D eigenvalue weighted by atomic mass is 28.4. The maximum atomic E-state index is 5.51. The summed E-state index contributed by atoms with van der Waals surface area (Å²) in [7, 11) is -0.0907. The van der Waals surface area contributed by atoms with Gasteiger partial charge in [0, 0.05) is 6.08 Å². The average Bonchev–Trinajstić information content (AvgIpc) is 1.84. The molecule has 3 nitrogen and oxygen atoms in total. The SMILES string of the molecule is C=C(/C=C/OOC)O[Si](C)(C)C. The molecule has 0 rings (SSSR count). The van der Waals surface area contributed by atoms with Gasteiger partial charge in [0.1, 0.15) is 6.26 Å². The van der Waals surface area contributed by atoms with Crippen molar-refractivity contribution in [2.75, 3.05) is 7.11 Å². The fraction of sp³-hybridized carbons (Fsp3) is 0.500. The maximum Gasteiger partial charge on any atom is 0.242 e. The molecule has 0 fully saturated rings. The van der Waals surface area contributed by atoms with E-state index >= 15 is 0 Å². The Morgan fingerprint density at radius 2 is 1.92 bits per heavy atom. The van der Waals surface area contributed by atoms with E-state index in [0.717, 1.165) is 0 Å². The topological polar surface area (TPSA) is 27.7 Å². The Morgan fingerprint density at radius 1 is 1.33 bits per heavy atom. The summed E-state index contributed by atoms with van der Waals surface area (Å²) in [6, 6.07) is 0. The van der Waals surface area contributed by atoms with E-state index < -0.39 is 8.32 Å². The minimum atomic E-state index is -1.53. The van der Waals surface area contributed by atoms with Gasteiger partial charge in [0.15, 0.2) is 0 Å². The largest absolute Gasteiger partial charge is 0.545 e. The lowest BCUT2D eigenvalue weighted by atomic mass is 10.5. The average molecular weight is 188 g/mol. The Bertz CT molecular complexity index is 170. The van der Waals surface area contributed by atoms with Crippen molar-refractivity contribution in [3.8, 4) is 0 Å². The van der Waals surface area contributed by atoms with Crippen LogP contribution in [0.5, 0.6) is 0 Å². The minimum Gasteiger partial charge on any atom is -0.545 e. The molecule has 0 N–H and O–H groups in total. The third-order valence-corrected chi connectivity index (χ3v) is 1.72. The second-order valence-electron chi connectivity index (χ2n) is 3.25. The molecule has 0 aromatic carbocycles. The van der Waals surface area contributed by atoms with Crippen LogP contribution >= 0.6 is 0 Å². The van der Waals surface area contributed by atoms with E-state index in [0.29, 0.717) is 5.76 Å². The number of allylic oxidation sites excluding steroid dienone is 1. The van der Waals surface area contributed by atoms with Gasteiger partial charge in [0.05, 0.1) is 12.9 Å². The summed E-state index contributed by atoms with van der Waals surface area (Å²) in [5, 5.41) is 0. The molecule has 0 atom stereocenters. The molecule has 0 saturated carbocycles. The van der Waals surface area contributed by atoms with Crippen LogP contribution in [0.1, 0.15) is 0 Å². The summed E-state index contributed by atoms with van der Waals surface area (Å²) in [6.45, 7) is 9.96. The molecule has 0 aromatic heterocycles. The Morgan fingerprint density at radius 3 is 2.33 bits per heavy atom. The summed E-state index contributed by atoms with van der Waals surface area (Å²) < 4.78 is 5.51. The standard InChI is InChI=1S/C8H16O3Si/c1-8(6-7-10-9-2)11-12(3,4)5/h6-7H,1H2,2-5H3/b7-6+. The van der Waals surface area contributed by atoms with Gasteiger partial charge in [-0.05, 0) is 19.6 Å². The van der Waals surface area contributed by atoms with Crippen LogP contribution < -0.4 is 0 Å². The van der Waals surface area contributed by atoms with Crippen molar-refractivity contribution in [3.05, 3.63) is 24.7 Å². The van der Waals surface area contributed by atoms with Gasteiger partial charge in [0.2, 0.25) is 8.32 Å². The Labute approximate surface area is 74.7 Å². The first-order chi connectivity index (χ1) is 5.45. The van der Waals surface area contributed by atoms with Crippen LogP contribution in [0.25, 0.3) is 0 Å². The molecule has 0 aliphatic carbocycles. The molecule has 0 saturated heterocycles.